The van der Waals surface area contributed by atoms with Crippen molar-refractivity contribution in [2.75, 3.05) is 33.4 Å². The fourth-order valence-electron chi connectivity index (χ4n) is 3.97. The van der Waals surface area contributed by atoms with Crippen LogP contribution in [0.3, 0.4) is 0 Å². The van der Waals surface area contributed by atoms with E-state index in [2.05, 4.69) is 29.2 Å². The topological polar surface area (TPSA) is 30.9 Å². The molecular weight excluding hydrogens is 445 g/mol. The van der Waals surface area contributed by atoms with E-state index in [1.165, 1.54) is 5.56 Å². The molecule has 4 rings (SSSR count). The predicted molar refractivity (Wildman–Crippen MR) is 129 cm³/mol. The molecular formula is C26H27Cl2NO3. The number of nitrogens with zero attached hydrogens (tertiary/aromatic N) is 1. The Morgan fingerprint density at radius 1 is 0.906 bits per heavy atom. The van der Waals surface area contributed by atoms with Crippen LogP contribution in [0.5, 0.6) is 11.5 Å². The molecule has 1 aliphatic heterocycles. The van der Waals surface area contributed by atoms with Gasteiger partial charge in [-0.15, -0.1) is 0 Å². The molecule has 0 unspecified atom stereocenters. The summed E-state index contributed by atoms with van der Waals surface area (Å²) in [5.74, 6) is 1.55. The Bertz CT molecular complexity index is 1010. The van der Waals surface area contributed by atoms with Gasteiger partial charge < -0.3 is 14.2 Å². The van der Waals surface area contributed by atoms with Crippen molar-refractivity contribution >= 4 is 23.2 Å². The molecule has 0 N–H and O–H groups in total. The van der Waals surface area contributed by atoms with Gasteiger partial charge >= 0.3 is 0 Å². The molecule has 1 aliphatic rings. The van der Waals surface area contributed by atoms with E-state index < -0.39 is 5.60 Å². The second-order valence-electron chi connectivity index (χ2n) is 7.95. The molecule has 0 bridgehead atoms. The van der Waals surface area contributed by atoms with Crippen molar-refractivity contribution in [1.29, 1.82) is 0 Å². The SMILES string of the molecule is COc1ccc(OC[C@@]2(c3ccc(Cl)c(Cl)c3)CCN(Cc3ccccc3)CCO2)cc1. The third kappa shape index (κ3) is 5.57. The summed E-state index contributed by atoms with van der Waals surface area (Å²) in [6, 6.07) is 23.8. The second-order valence-corrected chi connectivity index (χ2v) is 8.76. The molecule has 0 aromatic heterocycles. The molecule has 168 valence electrons. The Morgan fingerprint density at radius 3 is 2.38 bits per heavy atom. The van der Waals surface area contributed by atoms with Crippen LogP contribution in [-0.4, -0.2) is 38.3 Å². The summed E-state index contributed by atoms with van der Waals surface area (Å²) >= 11 is 12.6. The van der Waals surface area contributed by atoms with Gasteiger partial charge in [-0.25, -0.2) is 0 Å². The number of ether oxygens (including phenoxy) is 3. The van der Waals surface area contributed by atoms with Crippen LogP contribution in [0.4, 0.5) is 0 Å². The van der Waals surface area contributed by atoms with Gasteiger partial charge in [-0.3, -0.25) is 4.90 Å². The Hall–Kier alpha value is -2.24. The van der Waals surface area contributed by atoms with Crippen LogP contribution in [0.15, 0.2) is 72.8 Å². The zero-order valence-electron chi connectivity index (χ0n) is 18.1. The third-order valence-electron chi connectivity index (χ3n) is 5.84. The molecule has 1 saturated heterocycles. The number of halogens is 2. The largest absolute Gasteiger partial charge is 0.497 e. The number of hydrogen-bond acceptors (Lipinski definition) is 4. The minimum Gasteiger partial charge on any atom is -0.497 e. The first-order chi connectivity index (χ1) is 15.6. The number of rotatable bonds is 7. The smallest absolute Gasteiger partial charge is 0.128 e. The Balaban J connectivity index is 1.54. The maximum atomic E-state index is 6.51. The van der Waals surface area contributed by atoms with Crippen molar-refractivity contribution in [2.24, 2.45) is 0 Å². The summed E-state index contributed by atoms with van der Waals surface area (Å²) in [6.07, 6.45) is 0.772. The molecule has 0 spiro atoms. The van der Waals surface area contributed by atoms with Crippen LogP contribution in [-0.2, 0) is 16.9 Å². The molecule has 1 atom stereocenters. The number of methoxy groups -OCH3 is 1. The van der Waals surface area contributed by atoms with E-state index in [0.717, 1.165) is 43.1 Å². The van der Waals surface area contributed by atoms with Crippen LogP contribution in [0, 0.1) is 0 Å². The average Bonchev–Trinajstić information content (AvgIpc) is 3.03. The Kier molecular flexibility index (Phi) is 7.59. The van der Waals surface area contributed by atoms with Crippen LogP contribution >= 0.6 is 23.2 Å². The number of hydrogen-bond donors (Lipinski definition) is 0. The zero-order chi connectivity index (χ0) is 22.4. The fraction of sp³-hybridized carbons (Fsp3) is 0.308. The van der Waals surface area contributed by atoms with Crippen LogP contribution in [0.25, 0.3) is 0 Å². The molecule has 1 heterocycles. The summed E-state index contributed by atoms with van der Waals surface area (Å²) in [5, 5.41) is 1.04. The van der Waals surface area contributed by atoms with Gasteiger partial charge in [-0.2, -0.15) is 0 Å². The van der Waals surface area contributed by atoms with Gasteiger partial charge in [0.2, 0.25) is 0 Å². The van der Waals surface area contributed by atoms with E-state index >= 15 is 0 Å². The highest BCUT2D eigenvalue weighted by Gasteiger charge is 2.37. The lowest BCUT2D eigenvalue weighted by molar-refractivity contribution is -0.0726. The van der Waals surface area contributed by atoms with Crippen molar-refractivity contribution in [2.45, 2.75) is 18.6 Å². The number of benzene rings is 3. The van der Waals surface area contributed by atoms with Crippen molar-refractivity contribution < 1.29 is 14.2 Å². The lowest BCUT2D eigenvalue weighted by Crippen LogP contribution is -2.37. The monoisotopic (exact) mass is 471 g/mol. The van der Waals surface area contributed by atoms with Crippen LogP contribution < -0.4 is 9.47 Å². The standard InChI is InChI=1S/C26H27Cl2NO3/c1-30-22-8-10-23(11-9-22)31-19-26(21-7-12-24(27)25(28)17-21)13-14-29(15-16-32-26)18-20-5-3-2-4-6-20/h2-12,17H,13-16,18-19H2,1H3/t26-/m1/s1. The molecule has 1 fully saturated rings. The summed E-state index contributed by atoms with van der Waals surface area (Å²) < 4.78 is 18.0. The van der Waals surface area contributed by atoms with Crippen LogP contribution in [0.1, 0.15) is 17.5 Å². The zero-order valence-corrected chi connectivity index (χ0v) is 19.6. The molecule has 0 saturated carbocycles. The minimum atomic E-state index is -0.625. The predicted octanol–water partition coefficient (Wildman–Crippen LogP) is 6.20. The highest BCUT2D eigenvalue weighted by molar-refractivity contribution is 6.42. The van der Waals surface area contributed by atoms with Crippen molar-refractivity contribution in [3.63, 3.8) is 0 Å². The highest BCUT2D eigenvalue weighted by atomic mass is 35.5. The van der Waals surface area contributed by atoms with Gasteiger partial charge in [-0.05, 0) is 53.9 Å². The third-order valence-corrected chi connectivity index (χ3v) is 6.58. The normalized spacial score (nSPS) is 19.3. The van der Waals surface area contributed by atoms with E-state index in [9.17, 15) is 0 Å². The Labute approximate surface area is 199 Å². The van der Waals surface area contributed by atoms with Crippen molar-refractivity contribution in [3.8, 4) is 11.5 Å². The molecule has 0 radical (unpaired) electrons. The van der Waals surface area contributed by atoms with Gasteiger partial charge in [0.25, 0.3) is 0 Å². The van der Waals surface area contributed by atoms with E-state index in [-0.39, 0.29) is 0 Å². The quantitative estimate of drug-likeness (QED) is 0.410. The van der Waals surface area contributed by atoms with Gasteiger partial charge in [0.05, 0.1) is 23.8 Å². The van der Waals surface area contributed by atoms with Gasteiger partial charge in [-0.1, -0.05) is 59.6 Å². The first-order valence-corrected chi connectivity index (χ1v) is 11.5. The molecule has 3 aromatic rings. The average molecular weight is 472 g/mol. The molecule has 32 heavy (non-hydrogen) atoms. The molecule has 4 nitrogen and oxygen atoms in total. The van der Waals surface area contributed by atoms with E-state index in [0.29, 0.717) is 23.3 Å². The van der Waals surface area contributed by atoms with E-state index in [1.807, 2.05) is 48.5 Å². The summed E-state index contributed by atoms with van der Waals surface area (Å²) in [4.78, 5) is 2.42. The van der Waals surface area contributed by atoms with Gasteiger partial charge in [0.15, 0.2) is 0 Å². The Morgan fingerprint density at radius 2 is 1.66 bits per heavy atom. The van der Waals surface area contributed by atoms with Crippen molar-refractivity contribution in [3.05, 3.63) is 94.0 Å². The lowest BCUT2D eigenvalue weighted by atomic mass is 9.90. The lowest BCUT2D eigenvalue weighted by Gasteiger charge is -2.33. The molecule has 6 heteroatoms. The van der Waals surface area contributed by atoms with Gasteiger partial charge in [0, 0.05) is 19.6 Å². The van der Waals surface area contributed by atoms with E-state index in [4.69, 9.17) is 37.4 Å². The first kappa shape index (κ1) is 22.9. The molecule has 3 aromatic carbocycles. The van der Waals surface area contributed by atoms with Crippen LogP contribution in [0.2, 0.25) is 10.0 Å². The van der Waals surface area contributed by atoms with Gasteiger partial charge in [0.1, 0.15) is 23.7 Å². The fourth-order valence-corrected chi connectivity index (χ4v) is 4.27. The second kappa shape index (κ2) is 10.6. The highest BCUT2D eigenvalue weighted by Crippen LogP contribution is 2.36. The maximum Gasteiger partial charge on any atom is 0.128 e. The molecule has 0 aliphatic carbocycles. The minimum absolute atomic E-state index is 0.371. The summed E-state index contributed by atoms with van der Waals surface area (Å²) in [5.41, 5.74) is 1.64. The molecule has 0 amide bonds. The summed E-state index contributed by atoms with van der Waals surface area (Å²) in [6.45, 7) is 3.58. The van der Waals surface area contributed by atoms with E-state index in [1.54, 1.807) is 7.11 Å². The summed E-state index contributed by atoms with van der Waals surface area (Å²) in [7, 11) is 1.65. The van der Waals surface area contributed by atoms with Crippen molar-refractivity contribution in [1.82, 2.24) is 4.90 Å². The first-order valence-electron chi connectivity index (χ1n) is 10.7. The maximum absolute atomic E-state index is 6.51.